The Morgan fingerprint density at radius 1 is 0.925 bits per heavy atom. The Morgan fingerprint density at radius 2 is 1.65 bits per heavy atom. The van der Waals surface area contributed by atoms with Gasteiger partial charge < -0.3 is 5.73 Å². The van der Waals surface area contributed by atoms with Crippen LogP contribution in [0.1, 0.15) is 21.5 Å². The average molecular weight is 569 g/mol. The average Bonchev–Trinajstić information content (AvgIpc) is 2.89. The van der Waals surface area contributed by atoms with Gasteiger partial charge in [-0.25, -0.2) is 26.9 Å². The Kier molecular flexibility index (Phi) is 6.76. The molecule has 2 heterocycles. The molecule has 0 spiro atoms. The second kappa shape index (κ2) is 10.1. The second-order valence-corrected chi connectivity index (χ2v) is 9.41. The maximum atomic E-state index is 15.7. The summed E-state index contributed by atoms with van der Waals surface area (Å²) in [4.78, 5) is 43.0. The zero-order chi connectivity index (χ0) is 28.9. The van der Waals surface area contributed by atoms with E-state index in [1.807, 2.05) is 0 Å². The first-order valence-electron chi connectivity index (χ1n) is 11.6. The lowest BCUT2D eigenvalue weighted by Gasteiger charge is -2.17. The van der Waals surface area contributed by atoms with Crippen molar-refractivity contribution in [1.82, 2.24) is 14.1 Å². The van der Waals surface area contributed by atoms with Gasteiger partial charge >= 0.3 is 5.69 Å². The number of amides is 1. The lowest BCUT2D eigenvalue weighted by Crippen LogP contribution is -2.39. The zero-order valence-electron chi connectivity index (χ0n) is 20.5. The maximum Gasteiger partial charge on any atom is 0.336 e. The molecule has 0 aliphatic carbocycles. The maximum absolute atomic E-state index is 15.7. The molecule has 5 rings (SSSR count). The van der Waals surface area contributed by atoms with Crippen LogP contribution in [0, 0.1) is 30.2 Å². The van der Waals surface area contributed by atoms with Crippen LogP contribution in [0.15, 0.2) is 70.5 Å². The van der Waals surface area contributed by atoms with E-state index in [-0.39, 0.29) is 32.9 Å². The molecule has 1 amide bonds. The summed E-state index contributed by atoms with van der Waals surface area (Å²) in [6.07, 6.45) is 2.69. The number of aromatic nitrogens is 3. The highest BCUT2D eigenvalue weighted by molar-refractivity contribution is 6.33. The third kappa shape index (κ3) is 4.64. The van der Waals surface area contributed by atoms with Crippen LogP contribution in [0.3, 0.4) is 0 Å². The van der Waals surface area contributed by atoms with Gasteiger partial charge in [-0.15, -0.1) is 0 Å². The minimum atomic E-state index is -1.44. The highest BCUT2D eigenvalue weighted by Gasteiger charge is 2.22. The fourth-order valence-electron chi connectivity index (χ4n) is 4.39. The lowest BCUT2D eigenvalue weighted by atomic mass is 10.0. The predicted octanol–water partition coefficient (Wildman–Crippen LogP) is 4.88. The number of nitrogens with zero attached hydrogens (tertiary/aromatic N) is 3. The van der Waals surface area contributed by atoms with Crippen molar-refractivity contribution in [2.45, 2.75) is 13.5 Å². The van der Waals surface area contributed by atoms with Crippen LogP contribution in [0.4, 0.5) is 17.6 Å². The highest BCUT2D eigenvalue weighted by atomic mass is 35.5. The molecule has 3 aromatic carbocycles. The first-order valence-corrected chi connectivity index (χ1v) is 12.0. The van der Waals surface area contributed by atoms with Crippen LogP contribution >= 0.6 is 11.6 Å². The van der Waals surface area contributed by atoms with Gasteiger partial charge in [0.25, 0.3) is 5.56 Å². The number of pyridine rings is 1. The number of rotatable bonds is 5. The zero-order valence-corrected chi connectivity index (χ0v) is 21.3. The molecule has 0 saturated carbocycles. The van der Waals surface area contributed by atoms with Gasteiger partial charge in [-0.2, -0.15) is 0 Å². The Hall–Kier alpha value is -4.77. The number of benzene rings is 3. The molecule has 0 bridgehead atoms. The van der Waals surface area contributed by atoms with Crippen LogP contribution in [0.25, 0.3) is 27.7 Å². The molecule has 40 heavy (non-hydrogen) atoms. The summed E-state index contributed by atoms with van der Waals surface area (Å²) < 4.78 is 59.5. The number of nitrogens with two attached hydrogens (primary N) is 1. The molecular weight excluding hydrogens is 552 g/mol. The van der Waals surface area contributed by atoms with Crippen molar-refractivity contribution < 1.29 is 22.4 Å². The lowest BCUT2D eigenvalue weighted by molar-refractivity contribution is 0.100. The predicted molar refractivity (Wildman–Crippen MR) is 141 cm³/mol. The van der Waals surface area contributed by atoms with Gasteiger partial charge in [0.15, 0.2) is 11.6 Å². The van der Waals surface area contributed by atoms with Crippen LogP contribution < -0.4 is 17.0 Å². The van der Waals surface area contributed by atoms with Crippen LogP contribution in [-0.2, 0) is 6.54 Å². The van der Waals surface area contributed by atoms with Crippen molar-refractivity contribution in [2.75, 3.05) is 0 Å². The Balaban J connectivity index is 1.88. The third-order valence-electron chi connectivity index (χ3n) is 6.30. The number of aryl methyl sites for hydroxylation is 1. The van der Waals surface area contributed by atoms with E-state index in [0.717, 1.165) is 10.6 Å². The molecule has 5 aromatic rings. The summed E-state index contributed by atoms with van der Waals surface area (Å²) in [5, 5.41) is -0.446. The van der Waals surface area contributed by atoms with E-state index in [1.165, 1.54) is 42.7 Å². The van der Waals surface area contributed by atoms with Gasteiger partial charge in [0.1, 0.15) is 17.0 Å². The van der Waals surface area contributed by atoms with Crippen LogP contribution in [0.5, 0.6) is 0 Å². The van der Waals surface area contributed by atoms with E-state index < -0.39 is 57.9 Å². The summed E-state index contributed by atoms with van der Waals surface area (Å²) in [7, 11) is 0. The molecule has 202 valence electrons. The molecule has 0 atom stereocenters. The number of halogens is 5. The van der Waals surface area contributed by atoms with E-state index in [1.54, 1.807) is 6.92 Å². The molecule has 0 fully saturated rings. The fourth-order valence-corrected chi connectivity index (χ4v) is 4.62. The van der Waals surface area contributed by atoms with Gasteiger partial charge in [0, 0.05) is 34.0 Å². The Labute approximate surface area is 227 Å². The molecule has 2 aromatic heterocycles. The molecule has 0 unspecified atom stereocenters. The fraction of sp³-hybridized carbons (Fsp3) is 0.0714. The molecule has 2 N–H and O–H groups in total. The Bertz CT molecular complexity index is 1990. The highest BCUT2D eigenvalue weighted by Crippen LogP contribution is 2.32. The van der Waals surface area contributed by atoms with Gasteiger partial charge in [-0.05, 0) is 60.5 Å². The second-order valence-electron chi connectivity index (χ2n) is 9.00. The number of primary amides is 1. The summed E-state index contributed by atoms with van der Waals surface area (Å²) in [6.45, 7) is 0.963. The largest absolute Gasteiger partial charge is 0.366 e. The van der Waals surface area contributed by atoms with Crippen molar-refractivity contribution in [1.29, 1.82) is 0 Å². The quantitative estimate of drug-likeness (QED) is 0.241. The topological polar surface area (TPSA) is 100.0 Å². The van der Waals surface area contributed by atoms with E-state index >= 15 is 4.39 Å². The summed E-state index contributed by atoms with van der Waals surface area (Å²) in [5.74, 6) is -5.81. The molecule has 12 heteroatoms. The third-order valence-corrected chi connectivity index (χ3v) is 6.63. The summed E-state index contributed by atoms with van der Waals surface area (Å²) >= 11 is 6.30. The van der Waals surface area contributed by atoms with Crippen molar-refractivity contribution in [3.63, 3.8) is 0 Å². The monoisotopic (exact) mass is 568 g/mol. The minimum absolute atomic E-state index is 0.0112. The van der Waals surface area contributed by atoms with Crippen LogP contribution in [0.2, 0.25) is 5.02 Å². The molecular formula is C28H17ClF4N4O3. The van der Waals surface area contributed by atoms with E-state index in [2.05, 4.69) is 4.98 Å². The molecule has 0 aliphatic rings. The van der Waals surface area contributed by atoms with Crippen molar-refractivity contribution in [3.05, 3.63) is 127 Å². The number of fused-ring (bicyclic) bond motifs is 1. The summed E-state index contributed by atoms with van der Waals surface area (Å²) in [5.41, 5.74) is 3.45. The van der Waals surface area contributed by atoms with E-state index in [9.17, 15) is 27.6 Å². The van der Waals surface area contributed by atoms with E-state index in [0.29, 0.717) is 22.3 Å². The van der Waals surface area contributed by atoms with Gasteiger partial charge in [0.05, 0.1) is 23.9 Å². The van der Waals surface area contributed by atoms with Gasteiger partial charge in [-0.1, -0.05) is 11.6 Å². The van der Waals surface area contributed by atoms with Crippen molar-refractivity contribution in [3.8, 4) is 16.8 Å². The smallest absolute Gasteiger partial charge is 0.336 e. The molecule has 0 radical (unpaired) electrons. The standard InChI is InChI=1S/C28H17ClF4N4O3/c1-13-4-17(11-35-10-13)37-27(39)25-23(33)6-15(18-5-14(26(34)38)2-3-19(18)29)8-24(25)36(28(37)40)12-16-7-21(31)22(32)9-20(16)30/h2-11H,12H2,1H3,(H2,34,38). The SMILES string of the molecule is Cc1cncc(-n2c(=O)c3c(F)cc(-c4cc(C(N)=O)ccc4Cl)cc3n(Cc3cc(F)c(F)cc3F)c2=O)c1. The molecule has 0 saturated heterocycles. The van der Waals surface area contributed by atoms with Crippen molar-refractivity contribution in [2.24, 2.45) is 5.73 Å². The normalized spacial score (nSPS) is 11.2. The van der Waals surface area contributed by atoms with Crippen molar-refractivity contribution >= 4 is 28.4 Å². The first kappa shape index (κ1) is 26.8. The minimum Gasteiger partial charge on any atom is -0.366 e. The van der Waals surface area contributed by atoms with Crippen LogP contribution in [-0.4, -0.2) is 20.0 Å². The number of carbonyl (C=O) groups is 1. The number of hydrogen-bond donors (Lipinski definition) is 1. The Morgan fingerprint density at radius 3 is 2.35 bits per heavy atom. The number of carbonyl (C=O) groups excluding carboxylic acids is 1. The number of hydrogen-bond acceptors (Lipinski definition) is 4. The van der Waals surface area contributed by atoms with E-state index in [4.69, 9.17) is 17.3 Å². The molecule has 7 nitrogen and oxygen atoms in total. The molecule has 0 aliphatic heterocycles. The van der Waals surface area contributed by atoms with Gasteiger partial charge in [-0.3, -0.25) is 19.1 Å². The van der Waals surface area contributed by atoms with Gasteiger partial charge in [0.2, 0.25) is 5.91 Å². The first-order chi connectivity index (χ1) is 19.0. The summed E-state index contributed by atoms with van der Waals surface area (Å²) in [6, 6.07) is 8.63.